The molecule has 1 amide bonds. The lowest BCUT2D eigenvalue weighted by molar-refractivity contribution is 0.0702. The quantitative estimate of drug-likeness (QED) is 0.805. The lowest BCUT2D eigenvalue weighted by atomic mass is 10.1. The van der Waals surface area contributed by atoms with E-state index in [1.807, 2.05) is 0 Å². The zero-order chi connectivity index (χ0) is 14.0. The SMILES string of the molecule is Cc1ccc(C(=O)Nc2ccc(C(=O)O)s2)c(O)c1. The molecule has 19 heavy (non-hydrogen) atoms. The number of nitrogens with one attached hydrogen (secondary N) is 1. The van der Waals surface area contributed by atoms with Crippen molar-refractivity contribution in [2.24, 2.45) is 0 Å². The second-order valence-corrected chi connectivity index (χ2v) is 5.03. The van der Waals surface area contributed by atoms with E-state index in [4.69, 9.17) is 5.11 Å². The fourth-order valence-electron chi connectivity index (χ4n) is 1.53. The average Bonchev–Trinajstić information content (AvgIpc) is 2.77. The van der Waals surface area contributed by atoms with Crippen LogP contribution in [0.4, 0.5) is 5.00 Å². The van der Waals surface area contributed by atoms with Crippen molar-refractivity contribution in [2.75, 3.05) is 5.32 Å². The summed E-state index contributed by atoms with van der Waals surface area (Å²) in [6, 6.07) is 7.65. The molecule has 0 unspecified atom stereocenters. The lowest BCUT2D eigenvalue weighted by Crippen LogP contribution is -2.11. The molecule has 0 bridgehead atoms. The third-order valence-electron chi connectivity index (χ3n) is 2.45. The van der Waals surface area contributed by atoms with Crippen molar-refractivity contribution in [3.63, 3.8) is 0 Å². The number of thiophene rings is 1. The Labute approximate surface area is 113 Å². The number of aryl methyl sites for hydroxylation is 1. The number of phenolic OH excluding ortho intramolecular Hbond substituents is 1. The summed E-state index contributed by atoms with van der Waals surface area (Å²) in [6.45, 7) is 1.81. The van der Waals surface area contributed by atoms with Crippen molar-refractivity contribution >= 4 is 28.2 Å². The van der Waals surface area contributed by atoms with Gasteiger partial charge in [0.1, 0.15) is 10.6 Å². The minimum atomic E-state index is -1.04. The molecule has 1 aromatic carbocycles. The number of rotatable bonds is 3. The van der Waals surface area contributed by atoms with Gasteiger partial charge >= 0.3 is 5.97 Å². The molecule has 2 aromatic rings. The molecule has 0 aliphatic carbocycles. The van der Waals surface area contributed by atoms with Crippen LogP contribution in [-0.4, -0.2) is 22.1 Å². The van der Waals surface area contributed by atoms with Crippen LogP contribution in [-0.2, 0) is 0 Å². The molecule has 0 spiro atoms. The summed E-state index contributed by atoms with van der Waals surface area (Å²) in [5.74, 6) is -1.62. The van der Waals surface area contributed by atoms with E-state index in [0.717, 1.165) is 16.9 Å². The van der Waals surface area contributed by atoms with Crippen LogP contribution in [0.3, 0.4) is 0 Å². The second kappa shape index (κ2) is 5.11. The summed E-state index contributed by atoms with van der Waals surface area (Å²) in [5, 5.41) is 21.4. The van der Waals surface area contributed by atoms with Gasteiger partial charge in [-0.3, -0.25) is 4.79 Å². The predicted molar refractivity (Wildman–Crippen MR) is 72.1 cm³/mol. The van der Waals surface area contributed by atoms with Crippen LogP contribution in [0.25, 0.3) is 0 Å². The first kappa shape index (κ1) is 13.1. The Hall–Kier alpha value is -2.34. The Kier molecular flexibility index (Phi) is 3.52. The number of carboxylic acids is 1. The van der Waals surface area contributed by atoms with Gasteiger partial charge in [-0.05, 0) is 36.8 Å². The molecule has 0 saturated heterocycles. The van der Waals surface area contributed by atoms with E-state index in [1.165, 1.54) is 24.3 Å². The molecule has 2 rings (SSSR count). The number of aromatic hydroxyl groups is 1. The highest BCUT2D eigenvalue weighted by atomic mass is 32.1. The monoisotopic (exact) mass is 277 g/mol. The first-order valence-corrected chi connectivity index (χ1v) is 6.23. The molecule has 0 radical (unpaired) electrons. The van der Waals surface area contributed by atoms with Gasteiger partial charge in [-0.1, -0.05) is 6.07 Å². The molecule has 98 valence electrons. The van der Waals surface area contributed by atoms with E-state index >= 15 is 0 Å². The minimum absolute atomic E-state index is 0.104. The van der Waals surface area contributed by atoms with E-state index in [1.54, 1.807) is 13.0 Å². The smallest absolute Gasteiger partial charge is 0.345 e. The number of benzene rings is 1. The fraction of sp³-hybridized carbons (Fsp3) is 0.0769. The van der Waals surface area contributed by atoms with Crippen molar-refractivity contribution < 1.29 is 19.8 Å². The highest BCUT2D eigenvalue weighted by Gasteiger charge is 2.13. The van der Waals surface area contributed by atoms with Gasteiger partial charge in [0.15, 0.2) is 0 Å². The number of anilines is 1. The predicted octanol–water partition coefficient (Wildman–Crippen LogP) is 2.71. The Bertz CT molecular complexity index is 648. The Morgan fingerprint density at radius 1 is 1.21 bits per heavy atom. The summed E-state index contributed by atoms with van der Waals surface area (Å²) in [6.07, 6.45) is 0. The fourth-order valence-corrected chi connectivity index (χ4v) is 2.27. The number of carbonyl (C=O) groups is 2. The molecule has 1 aromatic heterocycles. The molecular formula is C13H11NO4S. The normalized spacial score (nSPS) is 10.2. The van der Waals surface area contributed by atoms with Gasteiger partial charge in [0.05, 0.1) is 10.6 Å². The molecular weight excluding hydrogens is 266 g/mol. The van der Waals surface area contributed by atoms with Crippen LogP contribution in [0.2, 0.25) is 0 Å². The van der Waals surface area contributed by atoms with Gasteiger partial charge in [-0.2, -0.15) is 0 Å². The molecule has 0 atom stereocenters. The van der Waals surface area contributed by atoms with Crippen molar-refractivity contribution in [3.05, 3.63) is 46.3 Å². The van der Waals surface area contributed by atoms with Crippen molar-refractivity contribution in [3.8, 4) is 5.75 Å². The molecule has 0 aliphatic heterocycles. The van der Waals surface area contributed by atoms with Crippen LogP contribution in [0.1, 0.15) is 25.6 Å². The molecule has 3 N–H and O–H groups in total. The van der Waals surface area contributed by atoms with Gasteiger partial charge in [0, 0.05) is 0 Å². The topological polar surface area (TPSA) is 86.6 Å². The summed E-state index contributed by atoms with van der Waals surface area (Å²) in [5.41, 5.74) is 0.995. The van der Waals surface area contributed by atoms with E-state index in [2.05, 4.69) is 5.32 Å². The first-order chi connectivity index (χ1) is 8.97. The third-order valence-corrected chi connectivity index (χ3v) is 3.44. The Morgan fingerprint density at radius 3 is 2.53 bits per heavy atom. The average molecular weight is 277 g/mol. The number of amides is 1. The number of hydrogen-bond donors (Lipinski definition) is 3. The molecule has 0 aliphatic rings. The largest absolute Gasteiger partial charge is 0.507 e. The summed E-state index contributed by atoms with van der Waals surface area (Å²) < 4.78 is 0. The summed E-state index contributed by atoms with van der Waals surface area (Å²) in [4.78, 5) is 22.8. The number of phenols is 1. The minimum Gasteiger partial charge on any atom is -0.507 e. The second-order valence-electron chi connectivity index (χ2n) is 3.94. The molecule has 1 heterocycles. The van der Waals surface area contributed by atoms with Crippen LogP contribution < -0.4 is 5.32 Å². The van der Waals surface area contributed by atoms with Gasteiger partial charge in [0.25, 0.3) is 5.91 Å². The first-order valence-electron chi connectivity index (χ1n) is 5.41. The number of aromatic carboxylic acids is 1. The van der Waals surface area contributed by atoms with E-state index in [0.29, 0.717) is 5.00 Å². The zero-order valence-electron chi connectivity index (χ0n) is 10.0. The molecule has 0 saturated carbocycles. The molecule has 5 nitrogen and oxygen atoms in total. The third kappa shape index (κ3) is 2.92. The summed E-state index contributed by atoms with van der Waals surface area (Å²) >= 11 is 0.960. The van der Waals surface area contributed by atoms with Crippen molar-refractivity contribution in [2.45, 2.75) is 6.92 Å². The van der Waals surface area contributed by atoms with Crippen LogP contribution >= 0.6 is 11.3 Å². The van der Waals surface area contributed by atoms with E-state index in [-0.39, 0.29) is 16.2 Å². The lowest BCUT2D eigenvalue weighted by Gasteiger charge is -2.05. The van der Waals surface area contributed by atoms with E-state index < -0.39 is 11.9 Å². The standard InChI is InChI=1S/C13H11NO4S/c1-7-2-3-8(9(15)6-7)12(16)14-11-5-4-10(19-11)13(17)18/h2-6,15H,1H3,(H,14,16)(H,17,18). The van der Waals surface area contributed by atoms with Gasteiger partial charge in [-0.15, -0.1) is 11.3 Å². The van der Waals surface area contributed by atoms with Crippen molar-refractivity contribution in [1.29, 1.82) is 0 Å². The van der Waals surface area contributed by atoms with E-state index in [9.17, 15) is 14.7 Å². The summed E-state index contributed by atoms with van der Waals surface area (Å²) in [7, 11) is 0. The maximum absolute atomic E-state index is 11.9. The van der Waals surface area contributed by atoms with Crippen LogP contribution in [0.15, 0.2) is 30.3 Å². The van der Waals surface area contributed by atoms with Crippen LogP contribution in [0.5, 0.6) is 5.75 Å². The number of carbonyl (C=O) groups excluding carboxylic acids is 1. The highest BCUT2D eigenvalue weighted by Crippen LogP contribution is 2.24. The Morgan fingerprint density at radius 2 is 1.95 bits per heavy atom. The highest BCUT2D eigenvalue weighted by molar-refractivity contribution is 7.18. The Balaban J connectivity index is 2.18. The maximum Gasteiger partial charge on any atom is 0.345 e. The van der Waals surface area contributed by atoms with Crippen LogP contribution in [0, 0.1) is 6.92 Å². The van der Waals surface area contributed by atoms with Crippen molar-refractivity contribution in [1.82, 2.24) is 0 Å². The molecule has 6 heteroatoms. The van der Waals surface area contributed by atoms with Gasteiger partial charge in [-0.25, -0.2) is 4.79 Å². The van der Waals surface area contributed by atoms with Gasteiger partial charge < -0.3 is 15.5 Å². The van der Waals surface area contributed by atoms with Gasteiger partial charge in [0.2, 0.25) is 0 Å². The maximum atomic E-state index is 11.9. The number of carboxylic acid groups (broad SMARTS) is 1. The zero-order valence-corrected chi connectivity index (χ0v) is 10.8. The molecule has 0 fully saturated rings. The number of hydrogen-bond acceptors (Lipinski definition) is 4.